The van der Waals surface area contributed by atoms with Crippen molar-refractivity contribution >= 4 is 17.5 Å². The van der Waals surface area contributed by atoms with Crippen LogP contribution >= 0.6 is 0 Å². The third-order valence-corrected chi connectivity index (χ3v) is 8.89. The van der Waals surface area contributed by atoms with Crippen LogP contribution in [0.1, 0.15) is 68.6 Å². The molecule has 33 heavy (non-hydrogen) atoms. The standard InChI is InChI=1S/C16H21N5O2.C10H16/c1-18-16(23)13-5-2-6-14-19-12(10-21(13)14)8-15(22)20-7-3-4-11(17)9-20;1-9(2)7-4-3-5-10(7)6-8(9)10/h2,5-6,10-11H,3-4,7-9,17H2,1H3,(H,18,23);7-8H,3-6H2,1-2H3. The molecule has 178 valence electrons. The maximum Gasteiger partial charge on any atom is 0.268 e. The van der Waals surface area contributed by atoms with Gasteiger partial charge in [-0.05, 0) is 66.9 Å². The molecule has 1 saturated heterocycles. The third-order valence-electron chi connectivity index (χ3n) is 8.89. The van der Waals surface area contributed by atoms with E-state index in [1.165, 1.54) is 6.42 Å². The summed E-state index contributed by atoms with van der Waals surface area (Å²) < 4.78 is 1.71. The topological polar surface area (TPSA) is 92.7 Å². The van der Waals surface area contributed by atoms with Gasteiger partial charge in [0.1, 0.15) is 11.3 Å². The Bertz CT molecular complexity index is 1070. The van der Waals surface area contributed by atoms with Gasteiger partial charge in [0.15, 0.2) is 0 Å². The van der Waals surface area contributed by atoms with Crippen LogP contribution in [0.2, 0.25) is 0 Å². The zero-order valence-corrected chi connectivity index (χ0v) is 20.1. The van der Waals surface area contributed by atoms with Gasteiger partial charge in [0.2, 0.25) is 5.91 Å². The zero-order valence-electron chi connectivity index (χ0n) is 20.1. The number of aromatic nitrogens is 2. The molecular formula is C26H37N5O2. The fraction of sp³-hybridized carbons (Fsp3) is 0.654. The Labute approximate surface area is 196 Å². The molecule has 0 aromatic carbocycles. The van der Waals surface area contributed by atoms with Gasteiger partial charge < -0.3 is 16.0 Å². The molecule has 7 nitrogen and oxygen atoms in total. The number of rotatable bonds is 3. The number of amides is 2. The Morgan fingerprint density at radius 2 is 2.03 bits per heavy atom. The highest BCUT2D eigenvalue weighted by atomic mass is 16.2. The number of nitrogens with one attached hydrogen (secondary N) is 1. The Balaban J connectivity index is 0.000000186. The van der Waals surface area contributed by atoms with E-state index in [1.54, 1.807) is 53.9 Å². The molecule has 6 rings (SSSR count). The lowest BCUT2D eigenvalue weighted by Crippen LogP contribution is -2.46. The lowest BCUT2D eigenvalue weighted by atomic mass is 9.57. The predicted octanol–water partition coefficient (Wildman–Crippen LogP) is 3.02. The number of hydrogen-bond acceptors (Lipinski definition) is 4. The van der Waals surface area contributed by atoms with Gasteiger partial charge in [-0.2, -0.15) is 0 Å². The normalized spacial score (nSPS) is 31.0. The van der Waals surface area contributed by atoms with Crippen molar-refractivity contribution in [2.75, 3.05) is 20.1 Å². The van der Waals surface area contributed by atoms with Crippen molar-refractivity contribution in [1.82, 2.24) is 19.6 Å². The Morgan fingerprint density at radius 1 is 1.21 bits per heavy atom. The van der Waals surface area contributed by atoms with E-state index in [0.29, 0.717) is 23.6 Å². The van der Waals surface area contributed by atoms with E-state index in [0.717, 1.165) is 42.1 Å². The first kappa shape index (κ1) is 22.4. The maximum atomic E-state index is 12.4. The van der Waals surface area contributed by atoms with Gasteiger partial charge in [-0.1, -0.05) is 26.3 Å². The largest absolute Gasteiger partial charge is 0.354 e. The van der Waals surface area contributed by atoms with Gasteiger partial charge in [0, 0.05) is 32.4 Å². The maximum absolute atomic E-state index is 12.4. The Morgan fingerprint density at radius 3 is 2.73 bits per heavy atom. The van der Waals surface area contributed by atoms with Crippen LogP contribution in [0.4, 0.5) is 0 Å². The fourth-order valence-corrected chi connectivity index (χ4v) is 7.31. The molecule has 4 unspecified atom stereocenters. The van der Waals surface area contributed by atoms with Crippen LogP contribution in [0.3, 0.4) is 0 Å². The molecule has 4 fully saturated rings. The van der Waals surface area contributed by atoms with Crippen molar-refractivity contribution in [2.24, 2.45) is 28.4 Å². The second-order valence-electron chi connectivity index (χ2n) is 11.1. The minimum Gasteiger partial charge on any atom is -0.354 e. The number of nitrogens with zero attached hydrogens (tertiary/aromatic N) is 3. The summed E-state index contributed by atoms with van der Waals surface area (Å²) >= 11 is 0. The minimum atomic E-state index is -0.187. The summed E-state index contributed by atoms with van der Waals surface area (Å²) in [6.07, 6.45) is 10.1. The summed E-state index contributed by atoms with van der Waals surface area (Å²) in [4.78, 5) is 30.6. The molecule has 1 spiro atoms. The Hall–Kier alpha value is -2.41. The summed E-state index contributed by atoms with van der Waals surface area (Å²) in [6, 6.07) is 5.39. The summed E-state index contributed by atoms with van der Waals surface area (Å²) in [5, 5.41) is 2.60. The van der Waals surface area contributed by atoms with Gasteiger partial charge in [0.25, 0.3) is 5.91 Å². The van der Waals surface area contributed by atoms with E-state index in [-0.39, 0.29) is 24.3 Å². The molecule has 7 heteroatoms. The van der Waals surface area contributed by atoms with Crippen LogP contribution in [0, 0.1) is 22.7 Å². The second kappa shape index (κ2) is 8.12. The van der Waals surface area contributed by atoms with Crippen LogP contribution in [0.5, 0.6) is 0 Å². The molecule has 4 atom stereocenters. The smallest absolute Gasteiger partial charge is 0.268 e. The van der Waals surface area contributed by atoms with Gasteiger partial charge in [-0.3, -0.25) is 14.0 Å². The average Bonchev–Trinajstić information content (AvgIpc) is 3.09. The van der Waals surface area contributed by atoms with Crippen molar-refractivity contribution < 1.29 is 9.59 Å². The van der Waals surface area contributed by atoms with E-state index < -0.39 is 0 Å². The van der Waals surface area contributed by atoms with Crippen LogP contribution in [-0.4, -0.2) is 52.3 Å². The second-order valence-corrected chi connectivity index (χ2v) is 11.1. The molecule has 3 aliphatic carbocycles. The van der Waals surface area contributed by atoms with E-state index in [1.807, 2.05) is 6.07 Å². The number of pyridine rings is 1. The lowest BCUT2D eigenvalue weighted by molar-refractivity contribution is -0.131. The van der Waals surface area contributed by atoms with Crippen LogP contribution < -0.4 is 11.1 Å². The van der Waals surface area contributed by atoms with Crippen LogP contribution in [0.15, 0.2) is 24.4 Å². The molecule has 0 radical (unpaired) electrons. The molecule has 3 saturated carbocycles. The van der Waals surface area contributed by atoms with Crippen molar-refractivity contribution in [2.45, 2.75) is 64.8 Å². The molecule has 1 aliphatic heterocycles. The summed E-state index contributed by atoms with van der Waals surface area (Å²) in [7, 11) is 1.59. The molecule has 2 aromatic heterocycles. The Kier molecular flexibility index (Phi) is 5.51. The minimum absolute atomic E-state index is 0.0325. The average molecular weight is 452 g/mol. The summed E-state index contributed by atoms with van der Waals surface area (Å²) in [5.41, 5.74) is 9.42. The van der Waals surface area contributed by atoms with Gasteiger partial charge in [-0.25, -0.2) is 4.98 Å². The van der Waals surface area contributed by atoms with Crippen molar-refractivity contribution in [3.8, 4) is 0 Å². The molecule has 0 bridgehead atoms. The molecule has 2 aromatic rings. The van der Waals surface area contributed by atoms with E-state index in [4.69, 9.17) is 5.73 Å². The lowest BCUT2D eigenvalue weighted by Gasteiger charge is -2.47. The van der Waals surface area contributed by atoms with Crippen molar-refractivity contribution in [1.29, 1.82) is 0 Å². The summed E-state index contributed by atoms with van der Waals surface area (Å²) in [6.45, 7) is 6.33. The van der Waals surface area contributed by atoms with Crippen LogP contribution in [0.25, 0.3) is 5.65 Å². The first-order valence-electron chi connectivity index (χ1n) is 12.5. The zero-order chi connectivity index (χ0) is 23.4. The highest BCUT2D eigenvalue weighted by Gasteiger charge is 2.77. The number of imidazole rings is 1. The highest BCUT2D eigenvalue weighted by molar-refractivity contribution is 5.93. The monoisotopic (exact) mass is 451 g/mol. The number of carbonyl (C=O) groups is 2. The highest BCUT2D eigenvalue weighted by Crippen LogP contribution is 2.84. The van der Waals surface area contributed by atoms with Gasteiger partial charge in [0.05, 0.1) is 12.1 Å². The first-order chi connectivity index (χ1) is 15.8. The van der Waals surface area contributed by atoms with E-state index in [9.17, 15) is 9.59 Å². The van der Waals surface area contributed by atoms with E-state index in [2.05, 4.69) is 24.1 Å². The SMILES string of the molecule is CC1(C)C2CCCC23CC13.CNC(=O)c1cccc2nc(CC(=O)N3CCCC(N)C3)cn12. The molecule has 3 N–H and O–H groups in total. The molecule has 4 aliphatic rings. The predicted molar refractivity (Wildman–Crippen MR) is 128 cm³/mol. The number of nitrogens with two attached hydrogens (primary N) is 1. The van der Waals surface area contributed by atoms with Gasteiger partial charge in [-0.15, -0.1) is 0 Å². The number of hydrogen-bond donors (Lipinski definition) is 2. The molecule has 2 amide bonds. The fourth-order valence-electron chi connectivity index (χ4n) is 7.31. The summed E-state index contributed by atoms with van der Waals surface area (Å²) in [5.74, 6) is 2.12. The quantitative estimate of drug-likeness (QED) is 0.750. The van der Waals surface area contributed by atoms with E-state index >= 15 is 0 Å². The first-order valence-corrected chi connectivity index (χ1v) is 12.5. The number of carbonyl (C=O) groups excluding carboxylic acids is 2. The van der Waals surface area contributed by atoms with Crippen molar-refractivity contribution in [3.05, 3.63) is 35.8 Å². The third kappa shape index (κ3) is 3.74. The van der Waals surface area contributed by atoms with Crippen LogP contribution in [-0.2, 0) is 11.2 Å². The molecular weight excluding hydrogens is 414 g/mol. The molecule has 3 heterocycles. The number of piperidine rings is 1. The van der Waals surface area contributed by atoms with Gasteiger partial charge >= 0.3 is 0 Å². The number of fused-ring (bicyclic) bond motifs is 1. The van der Waals surface area contributed by atoms with Crippen molar-refractivity contribution in [3.63, 3.8) is 0 Å². The number of likely N-dealkylation sites (tertiary alicyclic amines) is 1.